The van der Waals surface area contributed by atoms with Gasteiger partial charge in [-0.25, -0.2) is 4.68 Å². The summed E-state index contributed by atoms with van der Waals surface area (Å²) in [7, 11) is 0. The average Bonchev–Trinajstić information content (AvgIpc) is 3.02. The number of para-hydroxylation sites is 1. The number of piperazine rings is 1. The Bertz CT molecular complexity index is 1030. The number of carbonyl (C=O) groups excluding carboxylic acids is 1. The summed E-state index contributed by atoms with van der Waals surface area (Å²) < 4.78 is 1.87. The average molecular weight is 389 g/mol. The van der Waals surface area contributed by atoms with Gasteiger partial charge in [-0.2, -0.15) is 5.10 Å². The number of hydrogen-bond donors (Lipinski definition) is 0. The molecule has 1 saturated heterocycles. The summed E-state index contributed by atoms with van der Waals surface area (Å²) in [5.41, 5.74) is 7.23. The number of benzene rings is 2. The summed E-state index contributed by atoms with van der Waals surface area (Å²) >= 11 is 0. The van der Waals surface area contributed by atoms with Crippen molar-refractivity contribution in [2.24, 2.45) is 0 Å². The number of aromatic nitrogens is 2. The molecule has 1 aliphatic rings. The molecule has 0 unspecified atom stereocenters. The molecule has 3 aromatic rings. The van der Waals surface area contributed by atoms with Crippen LogP contribution in [0.1, 0.15) is 32.9 Å². The van der Waals surface area contributed by atoms with E-state index in [0.29, 0.717) is 0 Å². The Balaban J connectivity index is 1.51. The van der Waals surface area contributed by atoms with Crippen molar-refractivity contribution in [2.45, 2.75) is 27.7 Å². The van der Waals surface area contributed by atoms with E-state index in [0.717, 1.165) is 48.8 Å². The maximum Gasteiger partial charge on any atom is 0.257 e. The quantitative estimate of drug-likeness (QED) is 0.679. The summed E-state index contributed by atoms with van der Waals surface area (Å²) in [6.07, 6.45) is 0. The van der Waals surface area contributed by atoms with E-state index in [2.05, 4.69) is 42.0 Å². The van der Waals surface area contributed by atoms with E-state index in [9.17, 15) is 4.79 Å². The number of aryl methyl sites for hydroxylation is 3. The summed E-state index contributed by atoms with van der Waals surface area (Å²) in [5.74, 6) is 0.0856. The van der Waals surface area contributed by atoms with Crippen molar-refractivity contribution in [1.29, 1.82) is 0 Å². The molecule has 4 rings (SSSR count). The molecular weight excluding hydrogens is 360 g/mol. The fraction of sp³-hybridized carbons (Fsp3) is 0.333. The maximum atomic E-state index is 13.3. The molecule has 0 N–H and O–H groups in total. The first-order valence-electron chi connectivity index (χ1n) is 10.2. The molecule has 0 aliphatic carbocycles. The highest BCUT2D eigenvalue weighted by Crippen LogP contribution is 2.24. The number of carbonyl (C=O) groups is 1. The normalized spacial score (nSPS) is 14.3. The van der Waals surface area contributed by atoms with Gasteiger partial charge in [0.1, 0.15) is 0 Å². The summed E-state index contributed by atoms with van der Waals surface area (Å²) in [5, 5.41) is 4.64. The largest absolute Gasteiger partial charge is 0.368 e. The molecule has 1 aromatic heterocycles. The molecule has 5 nitrogen and oxygen atoms in total. The molecule has 29 heavy (non-hydrogen) atoms. The topological polar surface area (TPSA) is 41.4 Å². The van der Waals surface area contributed by atoms with Gasteiger partial charge < -0.3 is 9.80 Å². The number of hydrogen-bond acceptors (Lipinski definition) is 3. The first-order chi connectivity index (χ1) is 14.0. The fourth-order valence-electron chi connectivity index (χ4n) is 4.24. The predicted octanol–water partition coefficient (Wildman–Crippen LogP) is 4.07. The van der Waals surface area contributed by atoms with Gasteiger partial charge in [-0.1, -0.05) is 35.9 Å². The monoisotopic (exact) mass is 388 g/mol. The van der Waals surface area contributed by atoms with Crippen molar-refractivity contribution in [3.8, 4) is 5.69 Å². The van der Waals surface area contributed by atoms with Crippen molar-refractivity contribution in [1.82, 2.24) is 14.7 Å². The minimum atomic E-state index is 0.0856. The lowest BCUT2D eigenvalue weighted by atomic mass is 10.1. The van der Waals surface area contributed by atoms with Gasteiger partial charge >= 0.3 is 0 Å². The van der Waals surface area contributed by atoms with Gasteiger partial charge in [0, 0.05) is 31.9 Å². The molecule has 2 aromatic carbocycles. The fourth-order valence-corrected chi connectivity index (χ4v) is 4.24. The first-order valence-corrected chi connectivity index (χ1v) is 10.2. The SMILES string of the molecule is Cc1ccc(N2CCN(C(=O)c3c(C)nn(-c4ccccc4)c3C)CC2)c(C)c1. The van der Waals surface area contributed by atoms with Gasteiger partial charge in [0.05, 0.1) is 22.6 Å². The van der Waals surface area contributed by atoms with Crippen molar-refractivity contribution < 1.29 is 4.79 Å². The van der Waals surface area contributed by atoms with E-state index in [1.807, 2.05) is 53.8 Å². The minimum Gasteiger partial charge on any atom is -0.368 e. The molecule has 5 heteroatoms. The molecule has 0 bridgehead atoms. The molecular formula is C24H28N4O. The molecule has 0 radical (unpaired) electrons. The second-order valence-corrected chi connectivity index (χ2v) is 7.86. The number of rotatable bonds is 3. The van der Waals surface area contributed by atoms with Crippen LogP contribution in [-0.4, -0.2) is 46.8 Å². The molecule has 2 heterocycles. The number of amides is 1. The third kappa shape index (κ3) is 3.65. The molecule has 0 spiro atoms. The smallest absolute Gasteiger partial charge is 0.257 e. The summed E-state index contributed by atoms with van der Waals surface area (Å²) in [6, 6.07) is 16.5. The lowest BCUT2D eigenvalue weighted by molar-refractivity contribution is 0.0745. The van der Waals surface area contributed by atoms with Crippen LogP contribution in [0, 0.1) is 27.7 Å². The highest BCUT2D eigenvalue weighted by molar-refractivity contribution is 5.96. The van der Waals surface area contributed by atoms with E-state index in [-0.39, 0.29) is 5.91 Å². The van der Waals surface area contributed by atoms with E-state index < -0.39 is 0 Å². The van der Waals surface area contributed by atoms with Crippen LogP contribution in [0.15, 0.2) is 48.5 Å². The molecule has 1 aliphatic heterocycles. The van der Waals surface area contributed by atoms with E-state index in [1.54, 1.807) is 0 Å². The Hall–Kier alpha value is -3.08. The van der Waals surface area contributed by atoms with E-state index in [4.69, 9.17) is 0 Å². The van der Waals surface area contributed by atoms with E-state index >= 15 is 0 Å². The van der Waals surface area contributed by atoms with Crippen LogP contribution in [0.5, 0.6) is 0 Å². The number of nitrogens with zero attached hydrogens (tertiary/aromatic N) is 4. The van der Waals surface area contributed by atoms with Crippen molar-refractivity contribution in [2.75, 3.05) is 31.1 Å². The molecule has 150 valence electrons. The van der Waals surface area contributed by atoms with Crippen molar-refractivity contribution >= 4 is 11.6 Å². The Morgan fingerprint density at radius 2 is 1.59 bits per heavy atom. The Morgan fingerprint density at radius 1 is 0.897 bits per heavy atom. The van der Waals surface area contributed by atoms with Crippen LogP contribution in [-0.2, 0) is 0 Å². The first kappa shape index (κ1) is 19.2. The Labute approximate surface area is 172 Å². The predicted molar refractivity (Wildman–Crippen MR) is 117 cm³/mol. The minimum absolute atomic E-state index is 0.0856. The van der Waals surface area contributed by atoms with Gasteiger partial charge in [0.2, 0.25) is 0 Å². The highest BCUT2D eigenvalue weighted by Gasteiger charge is 2.27. The standard InChI is InChI=1S/C24H28N4O/c1-17-10-11-22(18(2)16-17)26-12-14-27(15-13-26)24(29)23-19(3)25-28(20(23)4)21-8-6-5-7-9-21/h5-11,16H,12-15H2,1-4H3. The van der Waals surface area contributed by atoms with Crippen LogP contribution in [0.2, 0.25) is 0 Å². The second-order valence-electron chi connectivity index (χ2n) is 7.86. The lowest BCUT2D eigenvalue weighted by Crippen LogP contribution is -2.49. The lowest BCUT2D eigenvalue weighted by Gasteiger charge is -2.37. The molecule has 1 amide bonds. The Morgan fingerprint density at radius 3 is 2.24 bits per heavy atom. The zero-order chi connectivity index (χ0) is 20.5. The maximum absolute atomic E-state index is 13.3. The third-order valence-corrected chi connectivity index (χ3v) is 5.77. The van der Waals surface area contributed by atoms with Gasteiger partial charge in [-0.15, -0.1) is 0 Å². The zero-order valence-corrected chi connectivity index (χ0v) is 17.6. The van der Waals surface area contributed by atoms with E-state index in [1.165, 1.54) is 16.8 Å². The molecule has 0 atom stereocenters. The van der Waals surface area contributed by atoms with Crippen LogP contribution in [0.3, 0.4) is 0 Å². The highest BCUT2D eigenvalue weighted by atomic mass is 16.2. The van der Waals surface area contributed by atoms with Crippen LogP contribution in [0.4, 0.5) is 5.69 Å². The second kappa shape index (κ2) is 7.74. The summed E-state index contributed by atoms with van der Waals surface area (Å²) in [6.45, 7) is 11.3. The number of anilines is 1. The van der Waals surface area contributed by atoms with Gasteiger partial charge in [0.15, 0.2) is 0 Å². The third-order valence-electron chi connectivity index (χ3n) is 5.77. The van der Waals surface area contributed by atoms with Crippen LogP contribution < -0.4 is 4.90 Å². The van der Waals surface area contributed by atoms with Gasteiger partial charge in [-0.3, -0.25) is 4.79 Å². The van der Waals surface area contributed by atoms with Crippen LogP contribution in [0.25, 0.3) is 5.69 Å². The van der Waals surface area contributed by atoms with Crippen molar-refractivity contribution in [3.05, 3.63) is 76.6 Å². The van der Waals surface area contributed by atoms with Gasteiger partial charge in [-0.05, 0) is 51.5 Å². The zero-order valence-electron chi connectivity index (χ0n) is 17.6. The van der Waals surface area contributed by atoms with Gasteiger partial charge in [0.25, 0.3) is 5.91 Å². The Kier molecular flexibility index (Phi) is 5.14. The molecule has 1 fully saturated rings. The van der Waals surface area contributed by atoms with Crippen molar-refractivity contribution in [3.63, 3.8) is 0 Å². The summed E-state index contributed by atoms with van der Waals surface area (Å²) in [4.78, 5) is 17.6. The molecule has 0 saturated carbocycles. The van der Waals surface area contributed by atoms with Crippen LogP contribution >= 0.6 is 0 Å².